The highest BCUT2D eigenvalue weighted by Gasteiger charge is 2.10. The van der Waals surface area contributed by atoms with Crippen molar-refractivity contribution in [2.24, 2.45) is 5.73 Å². The zero-order valence-electron chi connectivity index (χ0n) is 10.3. The summed E-state index contributed by atoms with van der Waals surface area (Å²) in [7, 11) is 0. The molecule has 10 heteroatoms. The van der Waals surface area contributed by atoms with Gasteiger partial charge >= 0.3 is 0 Å². The van der Waals surface area contributed by atoms with Crippen LogP contribution in [0.2, 0.25) is 0 Å². The largest absolute Gasteiger partial charge is 0.369 e. The van der Waals surface area contributed by atoms with Crippen LogP contribution >= 0.6 is 74.5 Å². The minimum Gasteiger partial charge on any atom is -0.369 e. The van der Waals surface area contributed by atoms with Crippen LogP contribution in [-0.2, 0) is 0 Å². The summed E-state index contributed by atoms with van der Waals surface area (Å²) in [5.41, 5.74) is 5.52. The molecule has 0 aliphatic carbocycles. The molecule has 0 amide bonds. The third-order valence-corrected chi connectivity index (χ3v) is 3.62. The molecule has 0 aromatic heterocycles. The smallest absolute Gasteiger partial charge is 0.133 e. The van der Waals surface area contributed by atoms with Crippen LogP contribution < -0.4 is 11.1 Å². The van der Waals surface area contributed by atoms with E-state index >= 15 is 0 Å². The molecule has 110 valence electrons. The number of rotatable bonds is 8. The molecule has 0 saturated heterocycles. The molecule has 0 rings (SSSR count). The van der Waals surface area contributed by atoms with Crippen molar-refractivity contribution in [2.75, 3.05) is 39.3 Å². The summed E-state index contributed by atoms with van der Waals surface area (Å²) in [5, 5.41) is 2.95. The first kappa shape index (κ1) is 19.7. The van der Waals surface area contributed by atoms with E-state index in [4.69, 9.17) is 42.4 Å². The van der Waals surface area contributed by atoms with Crippen molar-refractivity contribution < 1.29 is 0 Å². The second-order valence-corrected chi connectivity index (χ2v) is 6.94. The quantitative estimate of drug-likeness (QED) is 0.318. The minimum absolute atomic E-state index is 0.464. The molecule has 0 atom stereocenters. The third-order valence-electron chi connectivity index (χ3n) is 2.24. The van der Waals surface area contributed by atoms with E-state index in [-0.39, 0.29) is 0 Å². The van der Waals surface area contributed by atoms with E-state index in [0.29, 0.717) is 52.2 Å². The lowest BCUT2D eigenvalue weighted by molar-refractivity contribution is 0.357. The van der Waals surface area contributed by atoms with Crippen LogP contribution in [0.1, 0.15) is 0 Å². The molecule has 0 aliphatic rings. The molecule has 3 N–H and O–H groups in total. The van der Waals surface area contributed by atoms with E-state index < -0.39 is 0 Å². The molecule has 0 aliphatic heterocycles. The molecule has 0 aromatic carbocycles. The summed E-state index contributed by atoms with van der Waals surface area (Å²) in [6.07, 6.45) is 0. The van der Waals surface area contributed by atoms with Gasteiger partial charge in [0.05, 0.1) is 0 Å². The fourth-order valence-corrected chi connectivity index (χ4v) is 2.28. The van der Waals surface area contributed by atoms with Crippen LogP contribution in [0.4, 0.5) is 0 Å². The highest BCUT2D eigenvalue weighted by molar-refractivity contribution is 8.11. The first-order valence-electron chi connectivity index (χ1n) is 5.51. The van der Waals surface area contributed by atoms with Gasteiger partial charge in [0.1, 0.15) is 13.0 Å². The van der Waals surface area contributed by atoms with Crippen molar-refractivity contribution in [3.8, 4) is 0 Å². The van der Waals surface area contributed by atoms with Gasteiger partial charge in [0, 0.05) is 39.3 Å². The van der Waals surface area contributed by atoms with Gasteiger partial charge in [-0.05, 0) is 0 Å². The third kappa shape index (κ3) is 10.1. The number of thiol groups is 3. The maximum absolute atomic E-state index is 5.52. The summed E-state index contributed by atoms with van der Waals surface area (Å²) >= 11 is 27.3. The molecular formula is C9H18N4S6. The van der Waals surface area contributed by atoms with E-state index in [1.807, 2.05) is 9.80 Å². The van der Waals surface area contributed by atoms with Gasteiger partial charge in [-0.15, -0.1) is 37.9 Å². The van der Waals surface area contributed by atoms with E-state index in [0.717, 1.165) is 0 Å². The number of hydrogen-bond donors (Lipinski definition) is 5. The van der Waals surface area contributed by atoms with Crippen LogP contribution in [0.3, 0.4) is 0 Å². The van der Waals surface area contributed by atoms with Crippen LogP contribution in [0.5, 0.6) is 0 Å². The lowest BCUT2D eigenvalue weighted by Crippen LogP contribution is -2.42. The Bertz CT molecular complexity index is 324. The Morgan fingerprint density at radius 1 is 0.895 bits per heavy atom. The second kappa shape index (κ2) is 11.4. The average Bonchev–Trinajstić information content (AvgIpc) is 2.30. The van der Waals surface area contributed by atoms with Crippen molar-refractivity contribution in [1.82, 2.24) is 15.1 Å². The van der Waals surface area contributed by atoms with Crippen LogP contribution in [0, 0.1) is 0 Å². The fourth-order valence-electron chi connectivity index (χ4n) is 1.30. The van der Waals surface area contributed by atoms with Gasteiger partial charge in [-0.2, -0.15) is 0 Å². The predicted octanol–water partition coefficient (Wildman–Crippen LogP) is 0.783. The fraction of sp³-hybridized carbons (Fsp3) is 0.667. The predicted molar refractivity (Wildman–Crippen MR) is 105 cm³/mol. The van der Waals surface area contributed by atoms with Gasteiger partial charge in [0.2, 0.25) is 0 Å². The van der Waals surface area contributed by atoms with Crippen molar-refractivity contribution in [3.63, 3.8) is 0 Å². The SMILES string of the molecule is NCCN(CCN(CCNC(=S)S)C(=S)S)C(=S)S. The van der Waals surface area contributed by atoms with Gasteiger partial charge in [-0.25, -0.2) is 0 Å². The van der Waals surface area contributed by atoms with Gasteiger partial charge in [0.25, 0.3) is 0 Å². The normalized spacial score (nSPS) is 9.89. The first-order chi connectivity index (χ1) is 8.88. The summed E-state index contributed by atoms with van der Waals surface area (Å²) in [6.45, 7) is 3.95. The molecule has 0 radical (unpaired) electrons. The molecular weight excluding hydrogens is 357 g/mol. The molecule has 0 fully saturated rings. The molecule has 0 bridgehead atoms. The van der Waals surface area contributed by atoms with Gasteiger partial charge < -0.3 is 20.9 Å². The van der Waals surface area contributed by atoms with E-state index in [9.17, 15) is 0 Å². The van der Waals surface area contributed by atoms with Gasteiger partial charge in [0.15, 0.2) is 0 Å². The lowest BCUT2D eigenvalue weighted by Gasteiger charge is -2.28. The molecule has 4 nitrogen and oxygen atoms in total. The Hall–Kier alpha value is 0.680. The highest BCUT2D eigenvalue weighted by Crippen LogP contribution is 2.01. The van der Waals surface area contributed by atoms with E-state index in [2.05, 4.69) is 43.2 Å². The Morgan fingerprint density at radius 3 is 1.74 bits per heavy atom. The van der Waals surface area contributed by atoms with E-state index in [1.54, 1.807) is 0 Å². The molecule has 0 unspecified atom stereocenters. The summed E-state index contributed by atoms with van der Waals surface area (Å²) in [4.78, 5) is 3.88. The van der Waals surface area contributed by atoms with E-state index in [1.165, 1.54) is 0 Å². The van der Waals surface area contributed by atoms with Crippen molar-refractivity contribution >= 4 is 87.5 Å². The van der Waals surface area contributed by atoms with Gasteiger partial charge in [-0.1, -0.05) is 36.7 Å². The van der Waals surface area contributed by atoms with Crippen molar-refractivity contribution in [1.29, 1.82) is 0 Å². The Labute approximate surface area is 147 Å². The molecule has 0 saturated carbocycles. The van der Waals surface area contributed by atoms with Crippen LogP contribution in [0.15, 0.2) is 0 Å². The van der Waals surface area contributed by atoms with Crippen LogP contribution in [0.25, 0.3) is 0 Å². The molecule has 0 heterocycles. The van der Waals surface area contributed by atoms with Crippen molar-refractivity contribution in [2.45, 2.75) is 0 Å². The molecule has 19 heavy (non-hydrogen) atoms. The summed E-state index contributed by atoms with van der Waals surface area (Å²) in [6, 6.07) is 0. The zero-order valence-corrected chi connectivity index (χ0v) is 15.4. The maximum atomic E-state index is 5.52. The minimum atomic E-state index is 0.464. The zero-order chi connectivity index (χ0) is 14.8. The maximum Gasteiger partial charge on any atom is 0.133 e. The number of thiocarbonyl (C=S) groups is 3. The Kier molecular flexibility index (Phi) is 11.8. The van der Waals surface area contributed by atoms with Gasteiger partial charge in [-0.3, -0.25) is 0 Å². The number of hydrogen-bond acceptors (Lipinski definition) is 4. The number of nitrogens with zero attached hydrogens (tertiary/aromatic N) is 2. The number of nitrogens with one attached hydrogen (secondary N) is 1. The lowest BCUT2D eigenvalue weighted by atomic mass is 10.4. The molecule has 0 spiro atoms. The topological polar surface area (TPSA) is 44.5 Å². The first-order valence-corrected chi connectivity index (χ1v) is 8.07. The monoisotopic (exact) mass is 374 g/mol. The highest BCUT2D eigenvalue weighted by atomic mass is 32.1. The number of nitrogens with two attached hydrogens (primary N) is 1. The second-order valence-electron chi connectivity index (χ2n) is 3.56. The molecule has 0 aromatic rings. The Balaban J connectivity index is 4.22. The summed E-state index contributed by atoms with van der Waals surface area (Å²) in [5.74, 6) is 0. The average molecular weight is 375 g/mol. The summed E-state index contributed by atoms with van der Waals surface area (Å²) < 4.78 is 1.53. The standard InChI is InChI=1S/C9H18N4S6/c10-1-3-12(8(16)17)5-6-13(9(18)19)4-2-11-7(14)15/h1-6,10H2,(H,16,17)(H,18,19)(H2,11,14,15). The van der Waals surface area contributed by atoms with Crippen molar-refractivity contribution in [3.05, 3.63) is 0 Å². The Morgan fingerprint density at radius 2 is 1.37 bits per heavy atom. The van der Waals surface area contributed by atoms with Crippen LogP contribution in [-0.4, -0.2) is 62.0 Å².